The molecule has 0 aliphatic carbocycles. The Bertz CT molecular complexity index is 1590. The average molecular weight is 639 g/mol. The summed E-state index contributed by atoms with van der Waals surface area (Å²) in [6.07, 6.45) is 1.18. The van der Waals surface area contributed by atoms with Crippen molar-refractivity contribution in [2.24, 2.45) is 0 Å². The van der Waals surface area contributed by atoms with E-state index in [1.807, 2.05) is 0 Å². The normalized spacial score (nSPS) is 10.5. The first-order chi connectivity index (χ1) is 21.1. The zero-order valence-electron chi connectivity index (χ0n) is 23.1. The first-order valence-electron chi connectivity index (χ1n) is 13.4. The lowest BCUT2D eigenvalue weighted by atomic mass is 10.1. The molecule has 0 spiro atoms. The van der Waals surface area contributed by atoms with Gasteiger partial charge >= 0.3 is 0 Å². The van der Waals surface area contributed by atoms with E-state index in [0.717, 1.165) is 12.1 Å². The number of anilines is 4. The van der Waals surface area contributed by atoms with Gasteiger partial charge in [0.1, 0.15) is 11.6 Å². The molecule has 8 nitrogen and oxygen atoms in total. The van der Waals surface area contributed by atoms with Gasteiger partial charge in [0, 0.05) is 46.7 Å². The molecule has 0 fully saturated rings. The number of carbonyl (C=O) groups is 4. The van der Waals surface area contributed by atoms with Gasteiger partial charge in [-0.2, -0.15) is 0 Å². The highest BCUT2D eigenvalue weighted by molar-refractivity contribution is 6.31. The van der Waals surface area contributed by atoms with Crippen molar-refractivity contribution >= 4 is 69.6 Å². The molecule has 226 valence electrons. The van der Waals surface area contributed by atoms with Crippen molar-refractivity contribution in [3.8, 4) is 0 Å². The maximum absolute atomic E-state index is 13.4. The van der Waals surface area contributed by atoms with Gasteiger partial charge in [0.05, 0.1) is 10.0 Å². The van der Waals surface area contributed by atoms with Gasteiger partial charge in [0.2, 0.25) is 11.8 Å². The Labute approximate surface area is 261 Å². The fraction of sp³-hybridized carbons (Fsp3) is 0.125. The van der Waals surface area contributed by atoms with Crippen LogP contribution in [-0.4, -0.2) is 23.6 Å². The number of amides is 4. The zero-order valence-corrected chi connectivity index (χ0v) is 24.6. The van der Waals surface area contributed by atoms with Crippen LogP contribution in [-0.2, 0) is 9.59 Å². The predicted octanol–water partition coefficient (Wildman–Crippen LogP) is 7.91. The molecule has 0 unspecified atom stereocenters. The van der Waals surface area contributed by atoms with Gasteiger partial charge in [-0.25, -0.2) is 8.78 Å². The number of rotatable bonds is 11. The minimum absolute atomic E-state index is 0.120. The Hall–Kier alpha value is -4.80. The van der Waals surface area contributed by atoms with Gasteiger partial charge in [0.25, 0.3) is 11.8 Å². The van der Waals surface area contributed by atoms with Crippen molar-refractivity contribution in [3.05, 3.63) is 118 Å². The maximum atomic E-state index is 13.4. The summed E-state index contributed by atoms with van der Waals surface area (Å²) in [5, 5.41) is 10.5. The third kappa shape index (κ3) is 9.35. The second kappa shape index (κ2) is 15.1. The molecule has 0 radical (unpaired) electrons. The molecular formula is C32H26Cl2F2N4O4. The lowest BCUT2D eigenvalue weighted by Crippen LogP contribution is -2.15. The van der Waals surface area contributed by atoms with Crippen molar-refractivity contribution in [3.63, 3.8) is 0 Å². The first kappa shape index (κ1) is 32.1. The van der Waals surface area contributed by atoms with Gasteiger partial charge < -0.3 is 21.3 Å². The number of hydrogen-bond donors (Lipinski definition) is 4. The van der Waals surface area contributed by atoms with E-state index in [9.17, 15) is 28.0 Å². The van der Waals surface area contributed by atoms with Crippen LogP contribution < -0.4 is 21.3 Å². The Kier molecular flexibility index (Phi) is 11.0. The minimum Gasteiger partial charge on any atom is -0.326 e. The lowest BCUT2D eigenvalue weighted by molar-refractivity contribution is -0.118. The van der Waals surface area contributed by atoms with E-state index in [2.05, 4.69) is 21.3 Å². The molecule has 0 saturated heterocycles. The van der Waals surface area contributed by atoms with Crippen LogP contribution in [0.25, 0.3) is 0 Å². The molecule has 4 aromatic rings. The van der Waals surface area contributed by atoms with Crippen molar-refractivity contribution in [2.75, 3.05) is 21.3 Å². The van der Waals surface area contributed by atoms with Crippen LogP contribution in [0.15, 0.2) is 84.9 Å². The standard InChI is InChI=1S/C32H26Cl2F2N4O4/c33-25-17-23(11-13-27(25)35)39-31(43)19-5-3-7-21(15-19)37-29(41)9-1-2-10-30(42)38-22-8-4-6-20(16-22)32(44)40-24-12-14-28(36)26(34)18-24/h3-8,11-18H,1-2,9-10H2,(H,37,41)(H,38,42)(H,39,43)(H,40,44). The van der Waals surface area contributed by atoms with Crippen LogP contribution in [0.5, 0.6) is 0 Å². The first-order valence-corrected chi connectivity index (χ1v) is 14.2. The van der Waals surface area contributed by atoms with Gasteiger partial charge in [-0.15, -0.1) is 0 Å². The molecule has 12 heteroatoms. The highest BCUT2D eigenvalue weighted by Gasteiger charge is 2.12. The number of unbranched alkanes of at least 4 members (excludes halogenated alkanes) is 1. The Balaban J connectivity index is 1.19. The minimum atomic E-state index is -0.599. The van der Waals surface area contributed by atoms with Gasteiger partial charge in [-0.1, -0.05) is 35.3 Å². The smallest absolute Gasteiger partial charge is 0.255 e. The predicted molar refractivity (Wildman–Crippen MR) is 167 cm³/mol. The van der Waals surface area contributed by atoms with Crippen LogP contribution in [0.3, 0.4) is 0 Å². The van der Waals surface area contributed by atoms with E-state index in [4.69, 9.17) is 23.2 Å². The highest BCUT2D eigenvalue weighted by atomic mass is 35.5. The zero-order chi connectivity index (χ0) is 31.6. The molecule has 4 rings (SSSR count). The highest BCUT2D eigenvalue weighted by Crippen LogP contribution is 2.22. The Morgan fingerprint density at radius 1 is 0.523 bits per heavy atom. The Morgan fingerprint density at radius 3 is 1.30 bits per heavy atom. The van der Waals surface area contributed by atoms with E-state index >= 15 is 0 Å². The van der Waals surface area contributed by atoms with Crippen molar-refractivity contribution < 1.29 is 28.0 Å². The van der Waals surface area contributed by atoms with Crippen LogP contribution >= 0.6 is 23.2 Å². The summed E-state index contributed by atoms with van der Waals surface area (Å²) >= 11 is 11.5. The summed E-state index contributed by atoms with van der Waals surface area (Å²) < 4.78 is 26.7. The SMILES string of the molecule is O=C(CCCCC(=O)Nc1cccc(C(=O)Nc2ccc(F)c(Cl)c2)c1)Nc1cccc(C(=O)Nc2ccc(F)c(Cl)c2)c1. The number of hydrogen-bond acceptors (Lipinski definition) is 4. The lowest BCUT2D eigenvalue weighted by Gasteiger charge is -2.10. The third-order valence-corrected chi connectivity index (χ3v) is 6.81. The van der Waals surface area contributed by atoms with Gasteiger partial charge in [0.15, 0.2) is 0 Å². The fourth-order valence-corrected chi connectivity index (χ4v) is 4.41. The molecule has 4 N–H and O–H groups in total. The number of nitrogens with one attached hydrogen (secondary N) is 4. The van der Waals surface area contributed by atoms with E-state index in [1.54, 1.807) is 36.4 Å². The van der Waals surface area contributed by atoms with Crippen molar-refractivity contribution in [1.82, 2.24) is 0 Å². The van der Waals surface area contributed by atoms with Crippen LogP contribution in [0.2, 0.25) is 10.0 Å². The summed E-state index contributed by atoms with van der Waals surface area (Å²) in [6, 6.07) is 20.3. The van der Waals surface area contributed by atoms with E-state index in [0.29, 0.717) is 35.6 Å². The van der Waals surface area contributed by atoms with E-state index in [-0.39, 0.29) is 45.8 Å². The molecule has 44 heavy (non-hydrogen) atoms. The monoisotopic (exact) mass is 638 g/mol. The van der Waals surface area contributed by atoms with E-state index in [1.165, 1.54) is 36.4 Å². The van der Waals surface area contributed by atoms with Crippen molar-refractivity contribution in [2.45, 2.75) is 25.7 Å². The number of carbonyl (C=O) groups excluding carboxylic acids is 4. The van der Waals surface area contributed by atoms with Crippen LogP contribution in [0.1, 0.15) is 46.4 Å². The summed E-state index contributed by atoms with van der Waals surface area (Å²) in [5.74, 6) is -2.68. The topological polar surface area (TPSA) is 116 Å². The van der Waals surface area contributed by atoms with Gasteiger partial charge in [-0.05, 0) is 85.6 Å². The summed E-state index contributed by atoms with van der Waals surface area (Å²) in [4.78, 5) is 50.0. The number of halogens is 4. The van der Waals surface area contributed by atoms with Crippen LogP contribution in [0.4, 0.5) is 31.5 Å². The molecule has 0 atom stereocenters. The summed E-state index contributed by atoms with van der Waals surface area (Å²) in [7, 11) is 0. The quantitative estimate of drug-likeness (QED) is 0.125. The molecule has 0 saturated carbocycles. The molecule has 0 heterocycles. The summed E-state index contributed by atoms with van der Waals surface area (Å²) in [6.45, 7) is 0. The molecule has 4 amide bonds. The van der Waals surface area contributed by atoms with Crippen molar-refractivity contribution in [1.29, 1.82) is 0 Å². The van der Waals surface area contributed by atoms with E-state index < -0.39 is 23.4 Å². The second-order valence-electron chi connectivity index (χ2n) is 9.63. The third-order valence-electron chi connectivity index (χ3n) is 6.23. The van der Waals surface area contributed by atoms with Crippen LogP contribution in [0, 0.1) is 11.6 Å². The molecule has 0 aromatic heterocycles. The molecular weight excluding hydrogens is 613 g/mol. The maximum Gasteiger partial charge on any atom is 0.255 e. The average Bonchev–Trinajstić information content (AvgIpc) is 2.99. The summed E-state index contributed by atoms with van der Waals surface area (Å²) in [5.41, 5.74) is 2.05. The second-order valence-corrected chi connectivity index (χ2v) is 10.4. The largest absolute Gasteiger partial charge is 0.326 e. The van der Waals surface area contributed by atoms with Gasteiger partial charge in [-0.3, -0.25) is 19.2 Å². The molecule has 0 aliphatic heterocycles. The molecule has 0 bridgehead atoms. The fourth-order valence-electron chi connectivity index (χ4n) is 4.05. The molecule has 0 aliphatic rings. The Morgan fingerprint density at radius 2 is 0.909 bits per heavy atom. The molecule has 4 aromatic carbocycles. The number of benzene rings is 4.